The number of thioether (sulfide) groups is 1. The molecule has 4 heteroatoms. The lowest BCUT2D eigenvalue weighted by atomic mass is 10.1. The highest BCUT2D eigenvalue weighted by molar-refractivity contribution is 7.99. The number of hydrogen-bond acceptors (Lipinski definition) is 3. The molecule has 3 nitrogen and oxygen atoms in total. The molecule has 3 heterocycles. The van der Waals surface area contributed by atoms with Gasteiger partial charge in [0, 0.05) is 33.5 Å². The fourth-order valence-electron chi connectivity index (χ4n) is 5.06. The highest BCUT2D eigenvalue weighted by Gasteiger charge is 2.23. The van der Waals surface area contributed by atoms with Gasteiger partial charge in [-0.3, -0.25) is 0 Å². The first-order chi connectivity index (χ1) is 17.8. The maximum absolute atomic E-state index is 5.03. The number of benzene rings is 4. The molecular formula is C32H23N3S. The van der Waals surface area contributed by atoms with Crippen molar-refractivity contribution in [1.29, 1.82) is 0 Å². The van der Waals surface area contributed by atoms with Gasteiger partial charge in [-0.1, -0.05) is 91.0 Å². The van der Waals surface area contributed by atoms with Crippen molar-refractivity contribution in [2.75, 3.05) is 5.75 Å². The number of aromatic nitrogens is 3. The molecule has 0 N–H and O–H groups in total. The highest BCUT2D eigenvalue weighted by atomic mass is 32.2. The highest BCUT2D eigenvalue weighted by Crippen LogP contribution is 2.41. The normalized spacial score (nSPS) is 12.7. The second-order valence-electron chi connectivity index (χ2n) is 8.98. The van der Waals surface area contributed by atoms with E-state index in [0.29, 0.717) is 0 Å². The lowest BCUT2D eigenvalue weighted by Crippen LogP contribution is -1.98. The third kappa shape index (κ3) is 3.62. The lowest BCUT2D eigenvalue weighted by molar-refractivity contribution is 0.972. The van der Waals surface area contributed by atoms with Crippen LogP contribution in [0.4, 0.5) is 0 Å². The van der Waals surface area contributed by atoms with Gasteiger partial charge in [0.1, 0.15) is 0 Å². The Morgan fingerprint density at radius 1 is 0.611 bits per heavy atom. The quantitative estimate of drug-likeness (QED) is 0.255. The van der Waals surface area contributed by atoms with Gasteiger partial charge in [-0.25, -0.2) is 9.97 Å². The van der Waals surface area contributed by atoms with Crippen LogP contribution in [0.2, 0.25) is 0 Å². The molecule has 4 aromatic carbocycles. The van der Waals surface area contributed by atoms with Crippen molar-refractivity contribution in [1.82, 2.24) is 14.5 Å². The van der Waals surface area contributed by atoms with E-state index in [1.54, 1.807) is 0 Å². The molecule has 0 unspecified atom stereocenters. The average Bonchev–Trinajstić information content (AvgIpc) is 3.55. The molecule has 1 aliphatic heterocycles. The summed E-state index contributed by atoms with van der Waals surface area (Å²) in [4.78, 5) is 10.1. The average molecular weight is 482 g/mol. The predicted octanol–water partition coefficient (Wildman–Crippen LogP) is 8.07. The molecule has 0 amide bonds. The van der Waals surface area contributed by atoms with E-state index in [4.69, 9.17) is 9.97 Å². The third-order valence-corrected chi connectivity index (χ3v) is 7.86. The Balaban J connectivity index is 1.41. The van der Waals surface area contributed by atoms with Crippen LogP contribution in [0.3, 0.4) is 0 Å². The first kappa shape index (κ1) is 21.2. The van der Waals surface area contributed by atoms with E-state index in [-0.39, 0.29) is 0 Å². The Morgan fingerprint density at radius 3 is 1.97 bits per heavy atom. The number of para-hydroxylation sites is 1. The minimum absolute atomic E-state index is 0.734. The number of nitrogens with zero attached hydrogens (tertiary/aromatic N) is 3. The summed E-state index contributed by atoms with van der Waals surface area (Å²) in [5.74, 6) is 1.87. The number of rotatable bonds is 4. The zero-order valence-electron chi connectivity index (χ0n) is 19.6. The van der Waals surface area contributed by atoms with Gasteiger partial charge in [0.05, 0.1) is 21.9 Å². The molecule has 0 aliphatic carbocycles. The second-order valence-corrected chi connectivity index (χ2v) is 10.1. The second kappa shape index (κ2) is 8.81. The van der Waals surface area contributed by atoms with E-state index in [9.17, 15) is 0 Å². The molecule has 0 bridgehead atoms. The maximum atomic E-state index is 5.03. The van der Waals surface area contributed by atoms with Crippen LogP contribution in [0.5, 0.6) is 0 Å². The molecule has 172 valence electrons. The van der Waals surface area contributed by atoms with Crippen LogP contribution in [0, 0.1) is 0 Å². The van der Waals surface area contributed by atoms with Gasteiger partial charge < -0.3 is 4.57 Å². The fraction of sp³-hybridized carbons (Fsp3) is 0.0625. The van der Waals surface area contributed by atoms with Crippen LogP contribution >= 0.6 is 11.8 Å². The van der Waals surface area contributed by atoms with E-state index in [2.05, 4.69) is 108 Å². The van der Waals surface area contributed by atoms with Gasteiger partial charge in [0.2, 0.25) is 0 Å². The molecule has 0 saturated carbocycles. The van der Waals surface area contributed by atoms with Crippen LogP contribution in [-0.2, 0) is 6.42 Å². The topological polar surface area (TPSA) is 30.7 Å². The molecule has 7 rings (SSSR count). The Morgan fingerprint density at radius 2 is 1.25 bits per heavy atom. The summed E-state index contributed by atoms with van der Waals surface area (Å²) in [7, 11) is 0. The Kier molecular flexibility index (Phi) is 5.18. The monoisotopic (exact) mass is 481 g/mol. The molecule has 0 atom stereocenters. The van der Waals surface area contributed by atoms with Crippen molar-refractivity contribution >= 4 is 22.7 Å². The van der Waals surface area contributed by atoms with Crippen molar-refractivity contribution in [2.45, 2.75) is 11.4 Å². The fourth-order valence-corrected chi connectivity index (χ4v) is 6.28. The Hall–Kier alpha value is -4.15. The van der Waals surface area contributed by atoms with Crippen LogP contribution in [0.15, 0.2) is 120 Å². The Labute approximate surface area is 214 Å². The van der Waals surface area contributed by atoms with Crippen LogP contribution in [0.1, 0.15) is 5.56 Å². The molecule has 1 aliphatic rings. The smallest absolute Gasteiger partial charge is 0.160 e. The maximum Gasteiger partial charge on any atom is 0.160 e. The minimum Gasteiger partial charge on any atom is -0.304 e. The summed E-state index contributed by atoms with van der Waals surface area (Å²) in [6.07, 6.45) is 1.12. The molecule has 0 spiro atoms. The van der Waals surface area contributed by atoms with Crippen molar-refractivity contribution < 1.29 is 0 Å². The van der Waals surface area contributed by atoms with Crippen molar-refractivity contribution in [3.63, 3.8) is 0 Å². The summed E-state index contributed by atoms with van der Waals surface area (Å²) in [6.45, 7) is 0. The van der Waals surface area contributed by atoms with Crippen LogP contribution in [0.25, 0.3) is 50.5 Å². The van der Waals surface area contributed by atoms with Crippen LogP contribution < -0.4 is 0 Å². The number of hydrogen-bond donors (Lipinski definition) is 0. The minimum atomic E-state index is 0.734. The van der Waals surface area contributed by atoms with Crippen molar-refractivity contribution in [2.24, 2.45) is 0 Å². The van der Waals surface area contributed by atoms with Gasteiger partial charge in [0.25, 0.3) is 0 Å². The Bertz CT molecular complexity index is 1650. The van der Waals surface area contributed by atoms with E-state index < -0.39 is 0 Å². The molecule has 2 aromatic heterocycles. The summed E-state index contributed by atoms with van der Waals surface area (Å²) in [5.41, 5.74) is 8.90. The van der Waals surface area contributed by atoms with E-state index in [1.807, 2.05) is 23.9 Å². The molecule has 0 saturated heterocycles. The zero-order chi connectivity index (χ0) is 23.9. The standard InChI is InChI=1S/C32H23N3S/c1-3-10-22(11-4-1)28-21-29(23-12-5-2-6-13-23)34-31(33-28)24-14-9-15-25(20-24)35-30-17-8-7-16-26(30)27-18-19-36-32(27)35/h1-17,20-21H,18-19H2. The number of aryl methyl sites for hydroxylation is 1. The van der Waals surface area contributed by atoms with Gasteiger partial charge in [-0.05, 0) is 36.2 Å². The van der Waals surface area contributed by atoms with E-state index in [0.717, 1.165) is 51.8 Å². The molecule has 0 fully saturated rings. The first-order valence-electron chi connectivity index (χ1n) is 12.2. The van der Waals surface area contributed by atoms with Crippen LogP contribution in [-0.4, -0.2) is 20.3 Å². The summed E-state index contributed by atoms with van der Waals surface area (Å²) < 4.78 is 2.41. The largest absolute Gasteiger partial charge is 0.304 e. The summed E-state index contributed by atoms with van der Waals surface area (Å²) in [6, 6.07) is 40.1. The first-order valence-corrected chi connectivity index (χ1v) is 13.2. The summed E-state index contributed by atoms with van der Waals surface area (Å²) in [5, 5.41) is 2.72. The molecule has 6 aromatic rings. The number of fused-ring (bicyclic) bond motifs is 3. The SMILES string of the molecule is c1ccc(-c2cc(-c3ccccc3)nc(-c3cccc(-n4c5c(c6ccccc64)CCS5)c3)n2)cc1. The van der Waals surface area contributed by atoms with Crippen molar-refractivity contribution in [3.8, 4) is 39.6 Å². The van der Waals surface area contributed by atoms with E-state index >= 15 is 0 Å². The van der Waals surface area contributed by atoms with E-state index in [1.165, 1.54) is 21.5 Å². The van der Waals surface area contributed by atoms with Gasteiger partial charge in [0.15, 0.2) is 5.82 Å². The van der Waals surface area contributed by atoms with Gasteiger partial charge in [-0.15, -0.1) is 11.8 Å². The van der Waals surface area contributed by atoms with Gasteiger partial charge in [-0.2, -0.15) is 0 Å². The third-order valence-electron chi connectivity index (χ3n) is 6.75. The van der Waals surface area contributed by atoms with Gasteiger partial charge >= 0.3 is 0 Å². The predicted molar refractivity (Wildman–Crippen MR) is 150 cm³/mol. The molecular weight excluding hydrogens is 458 g/mol. The summed E-state index contributed by atoms with van der Waals surface area (Å²) >= 11 is 1.95. The molecule has 36 heavy (non-hydrogen) atoms. The zero-order valence-corrected chi connectivity index (χ0v) is 20.5. The lowest BCUT2D eigenvalue weighted by Gasteiger charge is -2.12. The van der Waals surface area contributed by atoms with Crippen molar-refractivity contribution in [3.05, 3.63) is 121 Å². The molecule has 0 radical (unpaired) electrons.